The Kier molecular flexibility index (Phi) is 3.88. The average Bonchev–Trinajstić information content (AvgIpc) is 2.78. The van der Waals surface area contributed by atoms with Gasteiger partial charge in [-0.05, 0) is 12.5 Å². The number of carboxylic acid groups (broad SMARTS) is 1. The van der Waals surface area contributed by atoms with Gasteiger partial charge in [0.1, 0.15) is 16.9 Å². The number of aromatic carboxylic acids is 1. The molecule has 1 unspecified atom stereocenters. The molecule has 4 heteroatoms. The van der Waals surface area contributed by atoms with Gasteiger partial charge in [0, 0.05) is 5.39 Å². The first-order valence-electron chi connectivity index (χ1n) is 6.10. The Bertz CT molecular complexity index is 636. The number of carbonyl (C=O) groups is 1. The summed E-state index contributed by atoms with van der Waals surface area (Å²) in [5.74, 6) is 2.02. The molecule has 1 heterocycles. The zero-order chi connectivity index (χ0) is 13.8. The molecule has 0 aliphatic carbocycles. The highest BCUT2D eigenvalue weighted by Crippen LogP contribution is 2.25. The lowest BCUT2D eigenvalue weighted by atomic mass is 10.1. The maximum Gasteiger partial charge on any atom is 0.339 e. The summed E-state index contributed by atoms with van der Waals surface area (Å²) in [7, 11) is 0. The molecule has 2 rings (SSSR count). The van der Waals surface area contributed by atoms with Gasteiger partial charge in [-0.15, -0.1) is 6.42 Å². The molecule has 4 nitrogen and oxygen atoms in total. The molecule has 98 valence electrons. The van der Waals surface area contributed by atoms with Gasteiger partial charge in [-0.3, -0.25) is 5.32 Å². The van der Waals surface area contributed by atoms with Crippen LogP contribution in [0.4, 0.5) is 0 Å². The molecule has 0 aliphatic rings. The molecular formula is C15H15NO3. The van der Waals surface area contributed by atoms with Crippen molar-refractivity contribution in [3.05, 3.63) is 35.6 Å². The van der Waals surface area contributed by atoms with Crippen molar-refractivity contribution in [2.24, 2.45) is 0 Å². The lowest BCUT2D eigenvalue weighted by Crippen LogP contribution is -2.26. The summed E-state index contributed by atoms with van der Waals surface area (Å²) in [4.78, 5) is 11.4. The van der Waals surface area contributed by atoms with Crippen molar-refractivity contribution < 1.29 is 14.3 Å². The molecule has 0 saturated carbocycles. The number of carboxylic acids is 1. The first kappa shape index (κ1) is 13.2. The van der Waals surface area contributed by atoms with E-state index in [0.29, 0.717) is 23.3 Å². The first-order chi connectivity index (χ1) is 9.17. The molecule has 1 aromatic heterocycles. The van der Waals surface area contributed by atoms with E-state index in [4.69, 9.17) is 10.8 Å². The first-order valence-corrected chi connectivity index (χ1v) is 6.10. The highest BCUT2D eigenvalue weighted by molar-refractivity contribution is 6.03. The zero-order valence-electron chi connectivity index (χ0n) is 10.6. The average molecular weight is 257 g/mol. The normalized spacial score (nSPS) is 12.2. The summed E-state index contributed by atoms with van der Waals surface area (Å²) >= 11 is 0. The molecular weight excluding hydrogens is 242 g/mol. The van der Waals surface area contributed by atoms with Gasteiger partial charge in [0.05, 0.1) is 12.6 Å². The van der Waals surface area contributed by atoms with Gasteiger partial charge in [-0.2, -0.15) is 0 Å². The molecule has 2 N–H and O–H groups in total. The standard InChI is InChI=1S/C15H15NO3/c1-3-10(4-2)16-9-13-14(15(17)18)11-7-5-6-8-12(11)19-13/h1,5-8,10,16H,4,9H2,2H3,(H,17,18). The minimum absolute atomic E-state index is 0.0881. The fraction of sp³-hybridized carbons (Fsp3) is 0.267. The Morgan fingerprint density at radius 2 is 2.26 bits per heavy atom. The summed E-state index contributed by atoms with van der Waals surface area (Å²) < 4.78 is 5.59. The lowest BCUT2D eigenvalue weighted by Gasteiger charge is -2.09. The molecule has 2 aromatic rings. The molecule has 0 amide bonds. The molecule has 0 radical (unpaired) electrons. The molecule has 0 spiro atoms. The molecule has 1 aromatic carbocycles. The predicted molar refractivity (Wildman–Crippen MR) is 72.9 cm³/mol. The van der Waals surface area contributed by atoms with E-state index in [-0.39, 0.29) is 11.6 Å². The van der Waals surface area contributed by atoms with Gasteiger partial charge >= 0.3 is 5.97 Å². The number of hydrogen-bond acceptors (Lipinski definition) is 3. The van der Waals surface area contributed by atoms with Crippen LogP contribution in [0.15, 0.2) is 28.7 Å². The largest absolute Gasteiger partial charge is 0.478 e. The van der Waals surface area contributed by atoms with Crippen molar-refractivity contribution in [3.63, 3.8) is 0 Å². The minimum Gasteiger partial charge on any atom is -0.478 e. The van der Waals surface area contributed by atoms with E-state index in [0.717, 1.165) is 6.42 Å². The molecule has 0 bridgehead atoms. The van der Waals surface area contributed by atoms with Crippen LogP contribution in [-0.2, 0) is 6.54 Å². The van der Waals surface area contributed by atoms with Crippen LogP contribution >= 0.6 is 0 Å². The van der Waals surface area contributed by atoms with Crippen molar-refractivity contribution in [2.75, 3.05) is 0 Å². The van der Waals surface area contributed by atoms with Gasteiger partial charge in [0.25, 0.3) is 0 Å². The number of terminal acetylenes is 1. The Balaban J connectivity index is 2.35. The molecule has 0 aliphatic heterocycles. The Morgan fingerprint density at radius 3 is 2.89 bits per heavy atom. The van der Waals surface area contributed by atoms with Gasteiger partial charge < -0.3 is 9.52 Å². The smallest absolute Gasteiger partial charge is 0.339 e. The van der Waals surface area contributed by atoms with Crippen LogP contribution in [-0.4, -0.2) is 17.1 Å². The van der Waals surface area contributed by atoms with Crippen LogP contribution < -0.4 is 5.32 Å². The van der Waals surface area contributed by atoms with E-state index < -0.39 is 5.97 Å². The lowest BCUT2D eigenvalue weighted by molar-refractivity contribution is 0.0696. The van der Waals surface area contributed by atoms with E-state index in [1.165, 1.54) is 0 Å². The topological polar surface area (TPSA) is 62.5 Å². The van der Waals surface area contributed by atoms with Crippen molar-refractivity contribution in [2.45, 2.75) is 25.9 Å². The van der Waals surface area contributed by atoms with E-state index in [1.807, 2.05) is 13.0 Å². The Labute approximate surface area is 111 Å². The van der Waals surface area contributed by atoms with Crippen LogP contribution in [0.25, 0.3) is 11.0 Å². The third kappa shape index (κ3) is 2.61. The summed E-state index contributed by atoms with van der Waals surface area (Å²) in [5, 5.41) is 13.0. The number of para-hydroxylation sites is 1. The van der Waals surface area contributed by atoms with Gasteiger partial charge in [0.15, 0.2) is 0 Å². The quantitative estimate of drug-likeness (QED) is 0.808. The van der Waals surface area contributed by atoms with Gasteiger partial charge in [0.2, 0.25) is 0 Å². The molecule has 1 atom stereocenters. The predicted octanol–water partition coefficient (Wildman–Crippen LogP) is 2.63. The zero-order valence-corrected chi connectivity index (χ0v) is 10.6. The Hall–Kier alpha value is -2.25. The number of furan rings is 1. The van der Waals surface area contributed by atoms with Crippen LogP contribution in [0, 0.1) is 12.3 Å². The Morgan fingerprint density at radius 1 is 1.53 bits per heavy atom. The molecule has 19 heavy (non-hydrogen) atoms. The maximum atomic E-state index is 11.4. The monoisotopic (exact) mass is 257 g/mol. The summed E-state index contributed by atoms with van der Waals surface area (Å²) in [5.41, 5.74) is 0.778. The van der Waals surface area contributed by atoms with Crippen LogP contribution in [0.1, 0.15) is 29.5 Å². The fourth-order valence-electron chi connectivity index (χ4n) is 1.99. The van der Waals surface area contributed by atoms with Crippen molar-refractivity contribution in [1.29, 1.82) is 0 Å². The third-order valence-electron chi connectivity index (χ3n) is 3.00. The second kappa shape index (κ2) is 5.59. The second-order valence-electron chi connectivity index (χ2n) is 4.21. The number of fused-ring (bicyclic) bond motifs is 1. The molecule has 0 saturated heterocycles. The van der Waals surface area contributed by atoms with E-state index in [2.05, 4.69) is 11.2 Å². The highest BCUT2D eigenvalue weighted by atomic mass is 16.4. The summed E-state index contributed by atoms with van der Waals surface area (Å²) in [6, 6.07) is 7.01. The number of nitrogens with one attached hydrogen (secondary N) is 1. The van der Waals surface area contributed by atoms with Crippen LogP contribution in [0.3, 0.4) is 0 Å². The third-order valence-corrected chi connectivity index (χ3v) is 3.00. The summed E-state index contributed by atoms with van der Waals surface area (Å²) in [6.07, 6.45) is 6.14. The van der Waals surface area contributed by atoms with Crippen LogP contribution in [0.5, 0.6) is 0 Å². The van der Waals surface area contributed by atoms with Crippen molar-refractivity contribution in [3.8, 4) is 12.3 Å². The number of benzene rings is 1. The van der Waals surface area contributed by atoms with Crippen LogP contribution in [0.2, 0.25) is 0 Å². The van der Waals surface area contributed by atoms with E-state index in [9.17, 15) is 9.90 Å². The van der Waals surface area contributed by atoms with E-state index in [1.54, 1.807) is 18.2 Å². The second-order valence-corrected chi connectivity index (χ2v) is 4.21. The van der Waals surface area contributed by atoms with Gasteiger partial charge in [-0.1, -0.05) is 31.0 Å². The fourth-order valence-corrected chi connectivity index (χ4v) is 1.99. The maximum absolute atomic E-state index is 11.4. The van der Waals surface area contributed by atoms with E-state index >= 15 is 0 Å². The molecule has 0 fully saturated rings. The minimum atomic E-state index is -0.990. The summed E-state index contributed by atoms with van der Waals surface area (Å²) in [6.45, 7) is 2.27. The highest BCUT2D eigenvalue weighted by Gasteiger charge is 2.20. The SMILES string of the molecule is C#CC(CC)NCc1oc2ccccc2c1C(=O)O. The number of hydrogen-bond donors (Lipinski definition) is 2. The van der Waals surface area contributed by atoms with Gasteiger partial charge in [-0.25, -0.2) is 4.79 Å². The van der Waals surface area contributed by atoms with Crippen molar-refractivity contribution in [1.82, 2.24) is 5.32 Å². The number of rotatable bonds is 5. The van der Waals surface area contributed by atoms with Crippen molar-refractivity contribution >= 4 is 16.9 Å².